The Labute approximate surface area is 194 Å². The molecule has 3 N–H and O–H groups in total. The average Bonchev–Trinajstić information content (AvgIpc) is 3.58. The summed E-state index contributed by atoms with van der Waals surface area (Å²) in [4.78, 5) is 31.1. The number of amides is 2. The third-order valence-corrected chi connectivity index (χ3v) is 6.03. The molecule has 0 radical (unpaired) electrons. The number of nitrogens with zero attached hydrogens (tertiary/aromatic N) is 6. The molecule has 0 unspecified atom stereocenters. The summed E-state index contributed by atoms with van der Waals surface area (Å²) in [5, 5.41) is 20.8. The minimum atomic E-state index is -0.492. The lowest BCUT2D eigenvalue weighted by atomic mass is 10.1. The second-order valence-electron chi connectivity index (χ2n) is 8.50. The molecular formula is C22H24FN9O2. The molecule has 176 valence electrons. The SMILES string of the molecule is CNC(=O)c1nnc(NC(=O)C2CC2)cc1Nc1cc(F)cc2c1N(C)[C@H](C)c1nc(C)nn1-2. The van der Waals surface area contributed by atoms with E-state index in [1.54, 1.807) is 11.6 Å². The number of rotatable bonds is 5. The van der Waals surface area contributed by atoms with E-state index in [9.17, 15) is 14.0 Å². The Kier molecular flexibility index (Phi) is 5.14. The third kappa shape index (κ3) is 3.70. The van der Waals surface area contributed by atoms with Crippen molar-refractivity contribution >= 4 is 34.7 Å². The summed E-state index contributed by atoms with van der Waals surface area (Å²) < 4.78 is 16.4. The Morgan fingerprint density at radius 2 is 1.91 bits per heavy atom. The van der Waals surface area contributed by atoms with Gasteiger partial charge in [-0.05, 0) is 32.8 Å². The highest BCUT2D eigenvalue weighted by atomic mass is 19.1. The Morgan fingerprint density at radius 1 is 1.15 bits per heavy atom. The molecule has 11 nitrogen and oxygen atoms in total. The molecule has 1 aliphatic heterocycles. The standard InChI is InChI=1S/C22H24FN9O2/c1-10-20-25-11(2)30-32(20)16-8-13(23)7-15(19(16)31(10)4)26-14-9-17(27-21(33)12-5-6-12)28-29-18(14)22(34)24-3/h7-10,12H,5-6H2,1-4H3,(H,24,34)(H2,26,27,28,33)/t10-/m1/s1. The number of hydrogen-bond acceptors (Lipinski definition) is 8. The third-order valence-electron chi connectivity index (χ3n) is 6.03. The molecule has 1 fully saturated rings. The number of nitrogens with one attached hydrogen (secondary N) is 3. The van der Waals surface area contributed by atoms with Crippen LogP contribution in [0.15, 0.2) is 18.2 Å². The van der Waals surface area contributed by atoms with E-state index >= 15 is 0 Å². The van der Waals surface area contributed by atoms with E-state index < -0.39 is 11.7 Å². The van der Waals surface area contributed by atoms with Gasteiger partial charge >= 0.3 is 0 Å². The van der Waals surface area contributed by atoms with Crippen molar-refractivity contribution < 1.29 is 14.0 Å². The van der Waals surface area contributed by atoms with Gasteiger partial charge in [-0.1, -0.05) is 0 Å². The zero-order valence-corrected chi connectivity index (χ0v) is 19.2. The maximum absolute atomic E-state index is 14.8. The van der Waals surface area contributed by atoms with Gasteiger partial charge < -0.3 is 20.9 Å². The van der Waals surface area contributed by atoms with E-state index in [1.807, 2.05) is 18.9 Å². The lowest BCUT2D eigenvalue weighted by Crippen LogP contribution is -2.31. The fourth-order valence-electron chi connectivity index (χ4n) is 4.01. The van der Waals surface area contributed by atoms with E-state index in [1.165, 1.54) is 25.2 Å². The number of anilines is 4. The predicted molar refractivity (Wildman–Crippen MR) is 123 cm³/mol. The van der Waals surface area contributed by atoms with Crippen LogP contribution in [-0.2, 0) is 4.79 Å². The maximum atomic E-state index is 14.8. The van der Waals surface area contributed by atoms with Gasteiger partial charge in [0.1, 0.15) is 11.6 Å². The van der Waals surface area contributed by atoms with E-state index in [2.05, 4.69) is 36.2 Å². The minimum absolute atomic E-state index is 0.00809. The number of aromatic nitrogens is 5. The molecule has 0 bridgehead atoms. The summed E-state index contributed by atoms with van der Waals surface area (Å²) in [5.41, 5.74) is 1.88. The monoisotopic (exact) mass is 465 g/mol. The highest BCUT2D eigenvalue weighted by Crippen LogP contribution is 2.43. The molecule has 3 heterocycles. The Hall–Kier alpha value is -4.09. The number of halogens is 1. The Balaban J connectivity index is 1.60. The molecule has 5 rings (SSSR count). The molecule has 0 spiro atoms. The first-order valence-corrected chi connectivity index (χ1v) is 10.9. The van der Waals surface area contributed by atoms with Crippen molar-refractivity contribution in [3.63, 3.8) is 0 Å². The molecule has 1 aromatic carbocycles. The molecule has 1 aliphatic carbocycles. The number of hydrogen-bond donors (Lipinski definition) is 3. The number of carbonyl (C=O) groups excluding carboxylic acids is 2. The second kappa shape index (κ2) is 8.04. The predicted octanol–water partition coefficient (Wildman–Crippen LogP) is 2.47. The zero-order valence-electron chi connectivity index (χ0n) is 19.2. The topological polar surface area (TPSA) is 130 Å². The number of aryl methyl sites for hydroxylation is 1. The van der Waals surface area contributed by atoms with Crippen LogP contribution >= 0.6 is 0 Å². The Morgan fingerprint density at radius 3 is 2.62 bits per heavy atom. The van der Waals surface area contributed by atoms with Crippen LogP contribution < -0.4 is 20.9 Å². The molecular weight excluding hydrogens is 441 g/mol. The van der Waals surface area contributed by atoms with Gasteiger partial charge in [0.05, 0.1) is 28.8 Å². The molecule has 34 heavy (non-hydrogen) atoms. The first-order chi connectivity index (χ1) is 16.3. The van der Waals surface area contributed by atoms with Crippen LogP contribution in [0.1, 0.15) is 47.9 Å². The van der Waals surface area contributed by atoms with Crippen LogP contribution in [0, 0.1) is 18.7 Å². The van der Waals surface area contributed by atoms with E-state index in [-0.39, 0.29) is 35.1 Å². The van der Waals surface area contributed by atoms with Crippen LogP contribution in [0.4, 0.5) is 27.3 Å². The molecule has 2 aromatic heterocycles. The van der Waals surface area contributed by atoms with Crippen molar-refractivity contribution in [2.75, 3.05) is 29.6 Å². The van der Waals surface area contributed by atoms with Gasteiger partial charge in [-0.15, -0.1) is 10.2 Å². The van der Waals surface area contributed by atoms with Crippen molar-refractivity contribution in [2.45, 2.75) is 32.7 Å². The molecule has 12 heteroatoms. The van der Waals surface area contributed by atoms with Crippen molar-refractivity contribution in [2.24, 2.45) is 5.92 Å². The van der Waals surface area contributed by atoms with Crippen molar-refractivity contribution in [1.82, 2.24) is 30.3 Å². The smallest absolute Gasteiger partial charge is 0.273 e. The summed E-state index contributed by atoms with van der Waals surface area (Å²) in [6.07, 6.45) is 1.68. The molecule has 1 saturated carbocycles. The number of fused-ring (bicyclic) bond motifs is 3. The van der Waals surface area contributed by atoms with Crippen LogP contribution in [-0.4, -0.2) is 50.9 Å². The van der Waals surface area contributed by atoms with Crippen molar-refractivity contribution in [1.29, 1.82) is 0 Å². The summed E-state index contributed by atoms with van der Waals surface area (Å²) in [6, 6.07) is 4.12. The first kappa shape index (κ1) is 21.7. The normalized spacial score (nSPS) is 16.5. The maximum Gasteiger partial charge on any atom is 0.273 e. The van der Waals surface area contributed by atoms with Crippen LogP contribution in [0.5, 0.6) is 0 Å². The van der Waals surface area contributed by atoms with Gasteiger partial charge in [-0.3, -0.25) is 9.59 Å². The highest BCUT2D eigenvalue weighted by Gasteiger charge is 2.32. The molecule has 2 amide bonds. The van der Waals surface area contributed by atoms with E-state index in [0.29, 0.717) is 28.7 Å². The minimum Gasteiger partial charge on any atom is -0.361 e. The van der Waals surface area contributed by atoms with Gasteiger partial charge in [-0.25, -0.2) is 14.1 Å². The summed E-state index contributed by atoms with van der Waals surface area (Å²) in [5.74, 6) is 0.351. The average molecular weight is 465 g/mol. The van der Waals surface area contributed by atoms with Gasteiger partial charge in [0.2, 0.25) is 5.91 Å². The van der Waals surface area contributed by atoms with Crippen LogP contribution in [0.2, 0.25) is 0 Å². The largest absolute Gasteiger partial charge is 0.361 e. The molecule has 2 aliphatic rings. The van der Waals surface area contributed by atoms with Gasteiger partial charge in [0.15, 0.2) is 17.3 Å². The van der Waals surface area contributed by atoms with Crippen molar-refractivity contribution in [3.8, 4) is 5.69 Å². The van der Waals surface area contributed by atoms with E-state index in [0.717, 1.165) is 12.8 Å². The van der Waals surface area contributed by atoms with Gasteiger partial charge in [-0.2, -0.15) is 5.10 Å². The van der Waals surface area contributed by atoms with E-state index in [4.69, 9.17) is 0 Å². The van der Waals surface area contributed by atoms with Gasteiger partial charge in [0.25, 0.3) is 5.91 Å². The zero-order chi connectivity index (χ0) is 24.1. The lowest BCUT2D eigenvalue weighted by molar-refractivity contribution is -0.117. The first-order valence-electron chi connectivity index (χ1n) is 10.9. The molecule has 3 aromatic rings. The molecule has 0 saturated heterocycles. The fraction of sp³-hybridized carbons (Fsp3) is 0.364. The Bertz CT molecular complexity index is 1320. The van der Waals surface area contributed by atoms with Crippen LogP contribution in [0.25, 0.3) is 5.69 Å². The summed E-state index contributed by atoms with van der Waals surface area (Å²) in [7, 11) is 3.36. The highest BCUT2D eigenvalue weighted by molar-refractivity contribution is 6.00. The van der Waals surface area contributed by atoms with Crippen LogP contribution in [0.3, 0.4) is 0 Å². The van der Waals surface area contributed by atoms with Gasteiger partial charge in [0, 0.05) is 32.1 Å². The number of benzene rings is 1. The second-order valence-corrected chi connectivity index (χ2v) is 8.50. The number of carbonyl (C=O) groups is 2. The lowest BCUT2D eigenvalue weighted by Gasteiger charge is -2.35. The van der Waals surface area contributed by atoms with Crippen molar-refractivity contribution in [3.05, 3.63) is 41.4 Å². The molecule has 1 atom stereocenters. The fourth-order valence-corrected chi connectivity index (χ4v) is 4.01. The summed E-state index contributed by atoms with van der Waals surface area (Å²) >= 11 is 0. The quantitative estimate of drug-likeness (QED) is 0.524. The summed E-state index contributed by atoms with van der Waals surface area (Å²) in [6.45, 7) is 3.76.